The van der Waals surface area contributed by atoms with Gasteiger partial charge in [-0.1, -0.05) is 16.9 Å². The van der Waals surface area contributed by atoms with Crippen LogP contribution in [0.2, 0.25) is 0 Å². The molecule has 0 amide bonds. The molecule has 76 valence electrons. The number of thioether (sulfide) groups is 1. The average Bonchev–Trinajstić information content (AvgIpc) is 2.82. The molecule has 1 aromatic heterocycles. The van der Waals surface area contributed by atoms with Gasteiger partial charge in [0.25, 0.3) is 5.22 Å². The first-order valence-electron chi connectivity index (χ1n) is 4.47. The molecule has 1 aliphatic rings. The summed E-state index contributed by atoms with van der Waals surface area (Å²) in [7, 11) is 0. The SMILES string of the molecule is CCOC(=O)c1nnc(SC2CC2)o1. The third kappa shape index (κ3) is 2.25. The van der Waals surface area contributed by atoms with Crippen LogP contribution >= 0.6 is 11.8 Å². The summed E-state index contributed by atoms with van der Waals surface area (Å²) in [5.41, 5.74) is 0. The third-order valence-electron chi connectivity index (χ3n) is 1.65. The zero-order chi connectivity index (χ0) is 9.97. The van der Waals surface area contributed by atoms with Gasteiger partial charge in [0.1, 0.15) is 0 Å². The molecule has 14 heavy (non-hydrogen) atoms. The zero-order valence-corrected chi connectivity index (χ0v) is 8.54. The Morgan fingerprint density at radius 3 is 3.07 bits per heavy atom. The molecule has 1 aliphatic carbocycles. The summed E-state index contributed by atoms with van der Waals surface area (Å²) >= 11 is 1.52. The lowest BCUT2D eigenvalue weighted by molar-refractivity contribution is 0.0475. The minimum atomic E-state index is -0.553. The Hall–Kier alpha value is -1.04. The van der Waals surface area contributed by atoms with Crippen LogP contribution in [0.5, 0.6) is 0 Å². The molecule has 2 rings (SSSR count). The van der Waals surface area contributed by atoms with E-state index < -0.39 is 5.97 Å². The van der Waals surface area contributed by atoms with Crippen molar-refractivity contribution in [1.29, 1.82) is 0 Å². The van der Waals surface area contributed by atoms with Gasteiger partial charge in [0.15, 0.2) is 0 Å². The smallest absolute Gasteiger partial charge is 0.396 e. The summed E-state index contributed by atoms with van der Waals surface area (Å²) in [5.74, 6) is -0.613. The van der Waals surface area contributed by atoms with Gasteiger partial charge in [0, 0.05) is 5.25 Å². The van der Waals surface area contributed by atoms with Gasteiger partial charge in [-0.25, -0.2) is 4.79 Å². The third-order valence-corrected chi connectivity index (χ3v) is 2.82. The fourth-order valence-electron chi connectivity index (χ4n) is 0.861. The molecule has 0 aromatic carbocycles. The van der Waals surface area contributed by atoms with Crippen molar-refractivity contribution in [3.63, 3.8) is 0 Å². The highest BCUT2D eigenvalue weighted by Gasteiger charge is 2.26. The van der Waals surface area contributed by atoms with Crippen LogP contribution in [-0.4, -0.2) is 28.0 Å². The van der Waals surface area contributed by atoms with Crippen LogP contribution in [0.1, 0.15) is 30.5 Å². The van der Waals surface area contributed by atoms with E-state index in [2.05, 4.69) is 10.2 Å². The predicted octanol–water partition coefficient (Wildman–Crippen LogP) is 1.50. The van der Waals surface area contributed by atoms with Crippen LogP contribution in [0.25, 0.3) is 0 Å². The number of hydrogen-bond donors (Lipinski definition) is 0. The van der Waals surface area contributed by atoms with E-state index in [-0.39, 0.29) is 5.89 Å². The molecule has 1 fully saturated rings. The molecule has 0 N–H and O–H groups in total. The lowest BCUT2D eigenvalue weighted by atomic mass is 10.7. The highest BCUT2D eigenvalue weighted by atomic mass is 32.2. The fraction of sp³-hybridized carbons (Fsp3) is 0.625. The molecular weight excluding hydrogens is 204 g/mol. The minimum absolute atomic E-state index is 0.0602. The van der Waals surface area contributed by atoms with Crippen molar-refractivity contribution >= 4 is 17.7 Å². The van der Waals surface area contributed by atoms with Crippen molar-refractivity contribution in [3.8, 4) is 0 Å². The monoisotopic (exact) mass is 214 g/mol. The van der Waals surface area contributed by atoms with E-state index in [4.69, 9.17) is 9.15 Å². The zero-order valence-electron chi connectivity index (χ0n) is 7.73. The number of ether oxygens (including phenoxy) is 1. The van der Waals surface area contributed by atoms with Gasteiger partial charge in [-0.3, -0.25) is 0 Å². The topological polar surface area (TPSA) is 65.2 Å². The first-order valence-corrected chi connectivity index (χ1v) is 5.35. The van der Waals surface area contributed by atoms with Crippen molar-refractivity contribution in [2.24, 2.45) is 0 Å². The summed E-state index contributed by atoms with van der Waals surface area (Å²) in [6.45, 7) is 2.04. The first kappa shape index (κ1) is 9.51. The normalized spacial score (nSPS) is 15.5. The number of rotatable bonds is 4. The van der Waals surface area contributed by atoms with Crippen LogP contribution < -0.4 is 0 Å². The van der Waals surface area contributed by atoms with Gasteiger partial charge in [-0.15, -0.1) is 5.10 Å². The number of hydrogen-bond acceptors (Lipinski definition) is 6. The lowest BCUT2D eigenvalue weighted by Gasteiger charge is -1.94. The lowest BCUT2D eigenvalue weighted by Crippen LogP contribution is -2.04. The van der Waals surface area contributed by atoms with Crippen LogP contribution in [0.4, 0.5) is 0 Å². The van der Waals surface area contributed by atoms with E-state index in [0.29, 0.717) is 17.1 Å². The molecule has 1 saturated carbocycles. The second kappa shape index (κ2) is 4.00. The molecule has 0 unspecified atom stereocenters. The van der Waals surface area contributed by atoms with E-state index in [9.17, 15) is 4.79 Å². The summed E-state index contributed by atoms with van der Waals surface area (Å²) in [6.07, 6.45) is 2.36. The van der Waals surface area contributed by atoms with Crippen molar-refractivity contribution in [2.75, 3.05) is 6.61 Å². The van der Waals surface area contributed by atoms with Crippen molar-refractivity contribution in [1.82, 2.24) is 10.2 Å². The maximum atomic E-state index is 11.1. The van der Waals surface area contributed by atoms with Crippen molar-refractivity contribution < 1.29 is 13.9 Å². The molecule has 0 atom stereocenters. The summed E-state index contributed by atoms with van der Waals surface area (Å²) in [4.78, 5) is 11.1. The number of carbonyl (C=O) groups is 1. The van der Waals surface area contributed by atoms with E-state index in [1.165, 1.54) is 24.6 Å². The molecule has 0 aliphatic heterocycles. The minimum Gasteiger partial charge on any atom is -0.459 e. The molecule has 0 radical (unpaired) electrons. The van der Waals surface area contributed by atoms with E-state index in [0.717, 1.165) is 0 Å². The van der Waals surface area contributed by atoms with Gasteiger partial charge in [0.05, 0.1) is 6.61 Å². The molecule has 1 heterocycles. The van der Waals surface area contributed by atoms with Crippen LogP contribution in [0, 0.1) is 0 Å². The molecule has 0 bridgehead atoms. The number of nitrogens with zero attached hydrogens (tertiary/aromatic N) is 2. The Morgan fingerprint density at radius 2 is 2.43 bits per heavy atom. The summed E-state index contributed by atoms with van der Waals surface area (Å²) < 4.78 is 9.83. The quantitative estimate of drug-likeness (QED) is 0.708. The molecule has 0 saturated heterocycles. The van der Waals surface area contributed by atoms with Gasteiger partial charge >= 0.3 is 11.9 Å². The number of carbonyl (C=O) groups excluding carboxylic acids is 1. The second-order valence-corrected chi connectivity index (χ2v) is 4.16. The highest BCUT2D eigenvalue weighted by Crippen LogP contribution is 2.38. The average molecular weight is 214 g/mol. The summed E-state index contributed by atoms with van der Waals surface area (Å²) in [5, 5.41) is 8.39. The highest BCUT2D eigenvalue weighted by molar-refractivity contribution is 7.99. The standard InChI is InChI=1S/C8H10N2O3S/c1-2-12-7(11)6-9-10-8(13-6)14-5-3-4-5/h5H,2-4H2,1H3. The maximum absolute atomic E-state index is 11.1. The maximum Gasteiger partial charge on any atom is 0.396 e. The van der Waals surface area contributed by atoms with E-state index in [1.54, 1.807) is 6.92 Å². The first-order chi connectivity index (χ1) is 6.79. The van der Waals surface area contributed by atoms with Crippen molar-refractivity contribution in [2.45, 2.75) is 30.2 Å². The van der Waals surface area contributed by atoms with E-state index in [1.807, 2.05) is 0 Å². The predicted molar refractivity (Wildman–Crippen MR) is 49.1 cm³/mol. The van der Waals surface area contributed by atoms with Gasteiger partial charge < -0.3 is 9.15 Å². The Labute approximate surface area is 85.2 Å². The van der Waals surface area contributed by atoms with Gasteiger partial charge in [-0.05, 0) is 19.8 Å². The largest absolute Gasteiger partial charge is 0.459 e. The fourth-order valence-corrected chi connectivity index (χ4v) is 1.73. The summed E-state index contributed by atoms with van der Waals surface area (Å²) in [6, 6.07) is 0. The molecule has 5 nitrogen and oxygen atoms in total. The van der Waals surface area contributed by atoms with E-state index >= 15 is 0 Å². The van der Waals surface area contributed by atoms with Gasteiger partial charge in [-0.2, -0.15) is 0 Å². The molecule has 1 aromatic rings. The van der Waals surface area contributed by atoms with Crippen molar-refractivity contribution in [3.05, 3.63) is 5.89 Å². The molecule has 0 spiro atoms. The van der Waals surface area contributed by atoms with Crippen LogP contribution in [0.15, 0.2) is 9.64 Å². The van der Waals surface area contributed by atoms with Gasteiger partial charge in [0.2, 0.25) is 0 Å². The number of esters is 1. The molecule has 6 heteroatoms. The van der Waals surface area contributed by atoms with Crippen LogP contribution in [-0.2, 0) is 4.74 Å². The Bertz CT molecular complexity index is 335. The Morgan fingerprint density at radius 1 is 1.64 bits per heavy atom. The second-order valence-electron chi connectivity index (χ2n) is 2.91. The number of aromatic nitrogens is 2. The Kier molecular flexibility index (Phi) is 2.72. The Balaban J connectivity index is 1.97. The molecular formula is C8H10N2O3S. The van der Waals surface area contributed by atoms with Crippen LogP contribution in [0.3, 0.4) is 0 Å².